The van der Waals surface area contributed by atoms with Crippen molar-refractivity contribution in [3.05, 3.63) is 59.1 Å². The first-order chi connectivity index (χ1) is 13.6. The maximum Gasteiger partial charge on any atom is 0.324 e. The van der Waals surface area contributed by atoms with Crippen LogP contribution in [0.15, 0.2) is 53.4 Å². The third kappa shape index (κ3) is 6.56. The van der Waals surface area contributed by atoms with E-state index >= 15 is 0 Å². The van der Waals surface area contributed by atoms with E-state index in [1.54, 1.807) is 50.2 Å². The van der Waals surface area contributed by atoms with Gasteiger partial charge in [0.1, 0.15) is 6.04 Å². The van der Waals surface area contributed by atoms with Gasteiger partial charge in [-0.05, 0) is 42.7 Å². The Morgan fingerprint density at radius 2 is 1.76 bits per heavy atom. The number of sulfonamides is 1. The number of aryl methyl sites for hydroxylation is 1. The van der Waals surface area contributed by atoms with E-state index < -0.39 is 40.5 Å². The Kier molecular flexibility index (Phi) is 7.78. The number of hydrogen-bond acceptors (Lipinski definition) is 5. The summed E-state index contributed by atoms with van der Waals surface area (Å²) in [6, 6.07) is 11.7. The highest BCUT2D eigenvalue weighted by molar-refractivity contribution is 7.89. The third-order valence-corrected chi connectivity index (χ3v) is 5.77. The number of ether oxygens (including phenoxy) is 1. The molecule has 0 fully saturated rings. The highest BCUT2D eigenvalue weighted by Gasteiger charge is 2.30. The summed E-state index contributed by atoms with van der Waals surface area (Å²) in [7, 11) is -3.92. The Labute approximate surface area is 175 Å². The van der Waals surface area contributed by atoms with E-state index in [0.717, 1.165) is 5.56 Å². The van der Waals surface area contributed by atoms with Gasteiger partial charge in [-0.1, -0.05) is 49.7 Å². The molecule has 0 aromatic heterocycles. The summed E-state index contributed by atoms with van der Waals surface area (Å²) in [4.78, 5) is 24.5. The minimum Gasteiger partial charge on any atom is -0.454 e. The monoisotopic (exact) mass is 438 g/mol. The molecule has 1 atom stereocenters. The summed E-state index contributed by atoms with van der Waals surface area (Å²) in [6.45, 7) is 4.64. The van der Waals surface area contributed by atoms with Crippen molar-refractivity contribution in [2.45, 2.75) is 31.7 Å². The van der Waals surface area contributed by atoms with Crippen LogP contribution in [0.5, 0.6) is 0 Å². The Hall–Kier alpha value is -2.42. The van der Waals surface area contributed by atoms with Crippen LogP contribution in [-0.4, -0.2) is 32.9 Å². The largest absolute Gasteiger partial charge is 0.454 e. The van der Waals surface area contributed by atoms with E-state index in [-0.39, 0.29) is 4.90 Å². The highest BCUT2D eigenvalue weighted by atomic mass is 35.5. The standard InChI is InChI=1S/C20H23ClN2O5S/c1-13(2)19(23-29(26,27)15-7-5-4-6-8-15)20(25)28-12-18(24)22-17-10-9-14(3)11-16(17)21/h4-11,13,19,23H,12H2,1-3H3,(H,22,24). The van der Waals surface area contributed by atoms with Crippen molar-refractivity contribution < 1.29 is 22.7 Å². The van der Waals surface area contributed by atoms with Crippen LogP contribution in [0.25, 0.3) is 0 Å². The molecule has 156 valence electrons. The van der Waals surface area contributed by atoms with Crippen LogP contribution < -0.4 is 10.0 Å². The van der Waals surface area contributed by atoms with Gasteiger partial charge in [0.2, 0.25) is 10.0 Å². The average molecular weight is 439 g/mol. The maximum absolute atomic E-state index is 12.5. The van der Waals surface area contributed by atoms with E-state index in [1.807, 2.05) is 6.92 Å². The van der Waals surface area contributed by atoms with Crippen molar-refractivity contribution in [3.63, 3.8) is 0 Å². The lowest BCUT2D eigenvalue weighted by atomic mass is 10.1. The number of halogens is 1. The number of esters is 1. The molecule has 7 nitrogen and oxygen atoms in total. The van der Waals surface area contributed by atoms with Crippen LogP contribution in [0.2, 0.25) is 5.02 Å². The normalized spacial score (nSPS) is 12.4. The van der Waals surface area contributed by atoms with Gasteiger partial charge in [0, 0.05) is 0 Å². The molecule has 0 aliphatic heterocycles. The molecule has 2 rings (SSSR count). The number of nitrogens with one attached hydrogen (secondary N) is 2. The van der Waals surface area contributed by atoms with E-state index in [1.165, 1.54) is 12.1 Å². The minimum atomic E-state index is -3.92. The van der Waals surface area contributed by atoms with Gasteiger partial charge >= 0.3 is 5.97 Å². The third-order valence-electron chi connectivity index (χ3n) is 4.00. The fraction of sp³-hybridized carbons (Fsp3) is 0.300. The number of anilines is 1. The summed E-state index contributed by atoms with van der Waals surface area (Å²) in [5, 5.41) is 2.91. The summed E-state index contributed by atoms with van der Waals surface area (Å²) < 4.78 is 32.3. The van der Waals surface area contributed by atoms with Crippen LogP contribution in [0.3, 0.4) is 0 Å². The second-order valence-corrected chi connectivity index (χ2v) is 8.92. The predicted molar refractivity (Wildman–Crippen MR) is 111 cm³/mol. The molecule has 0 heterocycles. The fourth-order valence-corrected chi connectivity index (χ4v) is 4.06. The molecule has 0 saturated carbocycles. The zero-order valence-corrected chi connectivity index (χ0v) is 17.9. The number of amides is 1. The van der Waals surface area contributed by atoms with Gasteiger partial charge in [-0.15, -0.1) is 0 Å². The average Bonchev–Trinajstić information content (AvgIpc) is 2.67. The molecule has 0 saturated heterocycles. The van der Waals surface area contributed by atoms with Crippen molar-refractivity contribution in [1.82, 2.24) is 4.72 Å². The lowest BCUT2D eigenvalue weighted by Crippen LogP contribution is -2.45. The van der Waals surface area contributed by atoms with Crippen molar-refractivity contribution in [2.24, 2.45) is 5.92 Å². The molecule has 0 spiro atoms. The topological polar surface area (TPSA) is 102 Å². The van der Waals surface area contributed by atoms with Crippen molar-refractivity contribution in [1.29, 1.82) is 0 Å². The summed E-state index contributed by atoms with van der Waals surface area (Å²) in [5.74, 6) is -1.82. The first-order valence-electron chi connectivity index (χ1n) is 8.90. The number of carbonyl (C=O) groups is 2. The molecular weight excluding hydrogens is 416 g/mol. The van der Waals surface area contributed by atoms with E-state index in [9.17, 15) is 18.0 Å². The molecule has 29 heavy (non-hydrogen) atoms. The molecule has 1 amide bonds. The zero-order chi connectivity index (χ0) is 21.6. The number of hydrogen-bond donors (Lipinski definition) is 2. The molecule has 2 aromatic rings. The second kappa shape index (κ2) is 9.87. The van der Waals surface area contributed by atoms with Crippen LogP contribution in [0, 0.1) is 12.8 Å². The van der Waals surface area contributed by atoms with Gasteiger partial charge in [0.25, 0.3) is 5.91 Å². The van der Waals surface area contributed by atoms with Gasteiger partial charge in [0.05, 0.1) is 15.6 Å². The molecule has 0 radical (unpaired) electrons. The fourth-order valence-electron chi connectivity index (χ4n) is 2.43. The maximum atomic E-state index is 12.5. The number of carbonyl (C=O) groups excluding carboxylic acids is 2. The van der Waals surface area contributed by atoms with Gasteiger partial charge in [-0.2, -0.15) is 4.72 Å². The van der Waals surface area contributed by atoms with Gasteiger partial charge < -0.3 is 10.1 Å². The molecule has 2 aromatic carbocycles. The van der Waals surface area contributed by atoms with Crippen LogP contribution in [0.4, 0.5) is 5.69 Å². The number of rotatable bonds is 8. The van der Waals surface area contributed by atoms with Crippen LogP contribution in [-0.2, 0) is 24.3 Å². The predicted octanol–water partition coefficient (Wildman–Crippen LogP) is 3.13. The lowest BCUT2D eigenvalue weighted by molar-refractivity contribution is -0.150. The summed E-state index contributed by atoms with van der Waals surface area (Å²) in [6.07, 6.45) is 0. The first kappa shape index (κ1) is 22.9. The molecule has 0 bridgehead atoms. The Morgan fingerprint density at radius 1 is 1.10 bits per heavy atom. The van der Waals surface area contributed by atoms with E-state index in [2.05, 4.69) is 10.0 Å². The Balaban J connectivity index is 1.99. The second-order valence-electron chi connectivity index (χ2n) is 6.80. The number of benzene rings is 2. The molecular formula is C20H23ClN2O5S. The van der Waals surface area contributed by atoms with Crippen LogP contribution >= 0.6 is 11.6 Å². The minimum absolute atomic E-state index is 0.0326. The SMILES string of the molecule is Cc1ccc(NC(=O)COC(=O)C(NS(=O)(=O)c2ccccc2)C(C)C)c(Cl)c1. The first-order valence-corrected chi connectivity index (χ1v) is 10.8. The lowest BCUT2D eigenvalue weighted by Gasteiger charge is -2.20. The highest BCUT2D eigenvalue weighted by Crippen LogP contribution is 2.22. The molecule has 0 aliphatic rings. The molecule has 2 N–H and O–H groups in total. The van der Waals surface area contributed by atoms with Gasteiger partial charge in [0.15, 0.2) is 6.61 Å². The molecule has 1 unspecified atom stereocenters. The van der Waals surface area contributed by atoms with E-state index in [4.69, 9.17) is 16.3 Å². The quantitative estimate of drug-likeness (QED) is 0.616. The Bertz CT molecular complexity index is 978. The van der Waals surface area contributed by atoms with E-state index in [0.29, 0.717) is 10.7 Å². The van der Waals surface area contributed by atoms with Gasteiger partial charge in [-0.3, -0.25) is 9.59 Å². The molecule has 0 aliphatic carbocycles. The van der Waals surface area contributed by atoms with Gasteiger partial charge in [-0.25, -0.2) is 8.42 Å². The zero-order valence-electron chi connectivity index (χ0n) is 16.3. The van der Waals surface area contributed by atoms with Crippen LogP contribution in [0.1, 0.15) is 19.4 Å². The Morgan fingerprint density at radius 3 is 2.34 bits per heavy atom. The summed E-state index contributed by atoms with van der Waals surface area (Å²) >= 11 is 6.06. The van der Waals surface area contributed by atoms with Crippen molar-refractivity contribution in [3.8, 4) is 0 Å². The summed E-state index contributed by atoms with van der Waals surface area (Å²) in [5.41, 5.74) is 1.33. The van der Waals surface area contributed by atoms with Crippen molar-refractivity contribution >= 4 is 39.2 Å². The van der Waals surface area contributed by atoms with Crippen molar-refractivity contribution in [2.75, 3.05) is 11.9 Å². The smallest absolute Gasteiger partial charge is 0.324 e. The molecule has 9 heteroatoms.